The third-order valence-corrected chi connectivity index (χ3v) is 0. The van der Waals surface area contributed by atoms with Crippen LogP contribution in [0.5, 0.6) is 0 Å². The summed E-state index contributed by atoms with van der Waals surface area (Å²) in [5.41, 5.74) is 0. The van der Waals surface area contributed by atoms with Crippen molar-refractivity contribution in [2.75, 3.05) is 0 Å². The molecule has 0 aliphatic rings. The van der Waals surface area contributed by atoms with E-state index >= 15 is 0 Å². The first-order valence-corrected chi connectivity index (χ1v) is 0. The SMILES string of the molecule is O.[As].[Fe].[Sm]. The van der Waals surface area contributed by atoms with E-state index in [1.165, 1.54) is 0 Å². The zero-order valence-corrected chi connectivity index (χ0v) is 7.31. The van der Waals surface area contributed by atoms with Gasteiger partial charge in [0.1, 0.15) is 0 Å². The standard InChI is InChI=1S/As.Fe.H2O.Sm/h;;1H2;. The van der Waals surface area contributed by atoms with Crippen LogP contribution in [0.4, 0.5) is 0 Å². The maximum absolute atomic E-state index is 0. The Morgan fingerprint density at radius 2 is 1.00 bits per heavy atom. The summed E-state index contributed by atoms with van der Waals surface area (Å²) >= 11 is 0. The second kappa shape index (κ2) is 18.2. The predicted octanol–water partition coefficient (Wildman–Crippen LogP) is -1.21. The van der Waals surface area contributed by atoms with Gasteiger partial charge in [0.05, 0.1) is 0 Å². The van der Waals surface area contributed by atoms with Crippen molar-refractivity contribution < 1.29 is 62.9 Å². The van der Waals surface area contributed by atoms with E-state index in [1.807, 2.05) is 0 Å². The van der Waals surface area contributed by atoms with Gasteiger partial charge in [0, 0.05) is 75.4 Å². The molecular weight excluding hydrogens is 297 g/mol. The van der Waals surface area contributed by atoms with Gasteiger partial charge in [-0.15, -0.1) is 0 Å². The molecule has 0 aromatic rings. The molecule has 0 heterocycles. The average Bonchev–Trinajstić information content (AvgIpc) is 0. The van der Waals surface area contributed by atoms with Crippen LogP contribution in [0.1, 0.15) is 0 Å². The van der Waals surface area contributed by atoms with Crippen LogP contribution in [0.15, 0.2) is 0 Å². The van der Waals surface area contributed by atoms with Gasteiger partial charge in [-0.05, 0) is 0 Å². The van der Waals surface area contributed by atoms with E-state index in [9.17, 15) is 0 Å². The van der Waals surface area contributed by atoms with Gasteiger partial charge in [-0.2, -0.15) is 0 Å². The van der Waals surface area contributed by atoms with Crippen molar-refractivity contribution in [1.82, 2.24) is 0 Å². The molecule has 1 nitrogen and oxygen atoms in total. The van der Waals surface area contributed by atoms with Crippen LogP contribution in [0.3, 0.4) is 0 Å². The molecule has 0 spiro atoms. The molecule has 0 rings (SSSR count). The Morgan fingerprint density at radius 3 is 1.00 bits per heavy atom. The fourth-order valence-corrected chi connectivity index (χ4v) is 0. The largest absolute Gasteiger partial charge is 0.412 e. The Labute approximate surface area is 79.5 Å². The second-order valence-corrected chi connectivity index (χ2v) is 0. The molecule has 2 N–H and O–H groups in total. The Hall–Kier alpha value is 2.38. The quantitative estimate of drug-likeness (QED) is 0.503. The van der Waals surface area contributed by atoms with Crippen molar-refractivity contribution in [2.45, 2.75) is 0 Å². The molecule has 0 saturated heterocycles. The summed E-state index contributed by atoms with van der Waals surface area (Å²) in [6, 6.07) is 0. The number of hydrogen-bond donors (Lipinski definition) is 0. The summed E-state index contributed by atoms with van der Waals surface area (Å²) in [5, 5.41) is 0. The number of rotatable bonds is 0. The first-order chi connectivity index (χ1) is 0. The monoisotopic (exact) mass is 301 g/mol. The van der Waals surface area contributed by atoms with Crippen molar-refractivity contribution in [2.24, 2.45) is 0 Å². The van der Waals surface area contributed by atoms with Gasteiger partial charge in [-0.3, -0.25) is 0 Å². The molecule has 0 amide bonds. The molecule has 0 unspecified atom stereocenters. The molecule has 0 bridgehead atoms. The van der Waals surface area contributed by atoms with Crippen LogP contribution in [-0.4, -0.2) is 23.4 Å². The molecule has 4 heavy (non-hydrogen) atoms. The molecule has 0 aromatic heterocycles. The van der Waals surface area contributed by atoms with Crippen LogP contribution in [0.2, 0.25) is 0 Å². The topological polar surface area (TPSA) is 31.5 Å². The van der Waals surface area contributed by atoms with E-state index < -0.39 is 0 Å². The Morgan fingerprint density at radius 1 is 1.00 bits per heavy atom. The first-order valence-electron chi connectivity index (χ1n) is 0. The smallest absolute Gasteiger partial charge is 0 e. The van der Waals surface area contributed by atoms with Gasteiger partial charge < -0.3 is 5.48 Å². The van der Waals surface area contributed by atoms with E-state index in [-0.39, 0.29) is 80.9 Å². The van der Waals surface area contributed by atoms with Crippen LogP contribution in [0.25, 0.3) is 0 Å². The third-order valence-electron chi connectivity index (χ3n) is 0. The van der Waals surface area contributed by atoms with Gasteiger partial charge in [0.15, 0.2) is 0 Å². The van der Waals surface area contributed by atoms with Crippen LogP contribution in [0, 0.1) is 40.4 Å². The first kappa shape index (κ1) is 32.6. The minimum absolute atomic E-state index is 0. The third kappa shape index (κ3) is 8.83. The van der Waals surface area contributed by atoms with E-state index in [0.29, 0.717) is 0 Å². The van der Waals surface area contributed by atoms with E-state index in [0.717, 1.165) is 0 Å². The fraction of sp³-hybridized carbons (Fsp3) is 0. The van der Waals surface area contributed by atoms with Gasteiger partial charge >= 0.3 is 0 Å². The molecule has 3 radical (unpaired) electrons. The van der Waals surface area contributed by atoms with Crippen LogP contribution in [-0.2, 0) is 17.1 Å². The summed E-state index contributed by atoms with van der Waals surface area (Å²) in [4.78, 5) is 0. The van der Waals surface area contributed by atoms with Crippen LogP contribution < -0.4 is 0 Å². The molecular formula is H2AsFeOSm. The fourth-order valence-electron chi connectivity index (χ4n) is 0. The Balaban J connectivity index is 0. The summed E-state index contributed by atoms with van der Waals surface area (Å²) in [7, 11) is 0. The van der Waals surface area contributed by atoms with Gasteiger partial charge in [0.25, 0.3) is 0 Å². The molecule has 0 aliphatic heterocycles. The molecule has 0 saturated carbocycles. The molecule has 0 aromatic carbocycles. The van der Waals surface area contributed by atoms with Crippen LogP contribution >= 0.6 is 0 Å². The maximum atomic E-state index is 0. The van der Waals surface area contributed by atoms with Crippen molar-refractivity contribution in [3.05, 3.63) is 0 Å². The normalized spacial score (nSPS) is 0. The molecule has 0 aliphatic carbocycles. The molecule has 27 valence electrons. The summed E-state index contributed by atoms with van der Waals surface area (Å²) in [6.45, 7) is 0. The van der Waals surface area contributed by atoms with Crippen molar-refractivity contribution in [1.29, 1.82) is 0 Å². The predicted molar refractivity (Wildman–Crippen MR) is 9.37 cm³/mol. The second-order valence-electron chi connectivity index (χ2n) is 0. The summed E-state index contributed by atoms with van der Waals surface area (Å²) in [5.74, 6) is 0. The van der Waals surface area contributed by atoms with Gasteiger partial charge in [-0.1, -0.05) is 0 Å². The molecule has 0 fully saturated rings. The zero-order chi connectivity index (χ0) is 0. The van der Waals surface area contributed by atoms with E-state index in [2.05, 4.69) is 0 Å². The molecule has 0 atom stereocenters. The zero-order valence-electron chi connectivity index (χ0n) is 1.71. The summed E-state index contributed by atoms with van der Waals surface area (Å²) in [6.07, 6.45) is 0. The van der Waals surface area contributed by atoms with Gasteiger partial charge in [0.2, 0.25) is 0 Å². The minimum Gasteiger partial charge on any atom is -0.412 e. The average molecular weight is 299 g/mol. The Kier molecular flexibility index (Phi) is 149. The van der Waals surface area contributed by atoms with Gasteiger partial charge in [-0.25, -0.2) is 0 Å². The van der Waals surface area contributed by atoms with Crippen molar-refractivity contribution in [3.63, 3.8) is 0 Å². The van der Waals surface area contributed by atoms with Crippen molar-refractivity contribution >= 4 is 18.0 Å². The van der Waals surface area contributed by atoms with E-state index in [4.69, 9.17) is 0 Å². The Bertz CT molecular complexity index is 8.00. The minimum atomic E-state index is 0. The van der Waals surface area contributed by atoms with Crippen molar-refractivity contribution in [3.8, 4) is 0 Å². The number of hydrogen-bond acceptors (Lipinski definition) is 0. The summed E-state index contributed by atoms with van der Waals surface area (Å²) < 4.78 is 0. The maximum Gasteiger partial charge on any atom is 0 e. The molecule has 4 heteroatoms. The van der Waals surface area contributed by atoms with E-state index in [1.54, 1.807) is 0 Å².